The van der Waals surface area contributed by atoms with Crippen LogP contribution in [0, 0.1) is 0 Å². The zero-order valence-electron chi connectivity index (χ0n) is 12.9. The summed E-state index contributed by atoms with van der Waals surface area (Å²) in [4.78, 5) is 6.77. The minimum absolute atomic E-state index is 0.145. The van der Waals surface area contributed by atoms with Gasteiger partial charge in [-0.25, -0.2) is 0 Å². The molecule has 1 aromatic heterocycles. The van der Waals surface area contributed by atoms with Gasteiger partial charge in [0, 0.05) is 6.54 Å². The highest BCUT2D eigenvalue weighted by atomic mass is 16.3. The summed E-state index contributed by atoms with van der Waals surface area (Å²) in [5.41, 5.74) is 5.89. The van der Waals surface area contributed by atoms with Crippen molar-refractivity contribution >= 4 is 5.96 Å². The molecule has 0 saturated heterocycles. The van der Waals surface area contributed by atoms with E-state index in [-0.39, 0.29) is 6.04 Å². The maximum absolute atomic E-state index is 5.89. The van der Waals surface area contributed by atoms with E-state index in [1.807, 2.05) is 12.1 Å². The zero-order chi connectivity index (χ0) is 14.8. The number of nitrogens with zero attached hydrogens (tertiary/aromatic N) is 2. The molecule has 1 atom stereocenters. The van der Waals surface area contributed by atoms with Crippen LogP contribution in [0.25, 0.3) is 0 Å². The van der Waals surface area contributed by atoms with Gasteiger partial charge in [-0.1, -0.05) is 27.2 Å². The summed E-state index contributed by atoms with van der Waals surface area (Å²) in [7, 11) is 0. The van der Waals surface area contributed by atoms with Crippen molar-refractivity contribution in [2.75, 3.05) is 26.2 Å². The predicted molar refractivity (Wildman–Crippen MR) is 83.8 cm³/mol. The third-order valence-corrected chi connectivity index (χ3v) is 3.40. The smallest absolute Gasteiger partial charge is 0.188 e. The number of hydrogen-bond donors (Lipinski definition) is 2. The van der Waals surface area contributed by atoms with Crippen molar-refractivity contribution < 1.29 is 4.42 Å². The lowest BCUT2D eigenvalue weighted by molar-refractivity contribution is 0.198. The maximum atomic E-state index is 5.89. The molecule has 1 aromatic rings. The van der Waals surface area contributed by atoms with Crippen LogP contribution < -0.4 is 11.1 Å². The molecule has 114 valence electrons. The molecule has 1 heterocycles. The van der Waals surface area contributed by atoms with Crippen LogP contribution in [0.4, 0.5) is 0 Å². The van der Waals surface area contributed by atoms with Crippen molar-refractivity contribution in [3.63, 3.8) is 0 Å². The number of aliphatic imine (C=N–C) groups is 1. The average molecular weight is 280 g/mol. The van der Waals surface area contributed by atoms with Crippen LogP contribution in [-0.2, 0) is 0 Å². The van der Waals surface area contributed by atoms with Gasteiger partial charge in [-0.2, -0.15) is 0 Å². The predicted octanol–water partition coefficient (Wildman–Crippen LogP) is 2.37. The van der Waals surface area contributed by atoms with E-state index in [0.29, 0.717) is 12.5 Å². The Hall–Kier alpha value is -1.49. The van der Waals surface area contributed by atoms with Crippen molar-refractivity contribution in [2.24, 2.45) is 10.7 Å². The molecule has 5 nitrogen and oxygen atoms in total. The van der Waals surface area contributed by atoms with E-state index in [0.717, 1.165) is 38.2 Å². The van der Waals surface area contributed by atoms with Crippen LogP contribution in [0.3, 0.4) is 0 Å². The topological polar surface area (TPSA) is 66.8 Å². The summed E-state index contributed by atoms with van der Waals surface area (Å²) in [6, 6.07) is 4.06. The van der Waals surface area contributed by atoms with E-state index in [1.165, 1.54) is 0 Å². The van der Waals surface area contributed by atoms with E-state index in [1.54, 1.807) is 6.26 Å². The molecule has 3 N–H and O–H groups in total. The molecule has 0 aliphatic carbocycles. The average Bonchev–Trinajstić information content (AvgIpc) is 2.97. The van der Waals surface area contributed by atoms with E-state index in [2.05, 4.69) is 36.0 Å². The summed E-state index contributed by atoms with van der Waals surface area (Å²) in [5, 5.41) is 3.14. The monoisotopic (exact) mass is 280 g/mol. The molecule has 0 radical (unpaired) electrons. The minimum atomic E-state index is 0.145. The Morgan fingerprint density at radius 1 is 1.40 bits per heavy atom. The summed E-state index contributed by atoms with van der Waals surface area (Å²) in [5.74, 6) is 1.46. The van der Waals surface area contributed by atoms with Gasteiger partial charge >= 0.3 is 0 Å². The van der Waals surface area contributed by atoms with Gasteiger partial charge in [0.25, 0.3) is 0 Å². The highest BCUT2D eigenvalue weighted by molar-refractivity contribution is 5.77. The fraction of sp³-hybridized carbons (Fsp3) is 0.667. The molecule has 0 aromatic carbocycles. The van der Waals surface area contributed by atoms with Crippen LogP contribution in [-0.4, -0.2) is 37.0 Å². The molecular weight excluding hydrogens is 252 g/mol. The van der Waals surface area contributed by atoms with Gasteiger partial charge in [0.15, 0.2) is 5.96 Å². The number of rotatable bonds is 9. The number of nitrogens with two attached hydrogens (primary N) is 1. The summed E-state index contributed by atoms with van der Waals surface area (Å²) in [6.07, 6.45) is 3.96. The van der Waals surface area contributed by atoms with Gasteiger partial charge in [0.05, 0.1) is 18.8 Å². The van der Waals surface area contributed by atoms with Gasteiger partial charge in [-0.05, 0) is 31.6 Å². The van der Waals surface area contributed by atoms with Crippen molar-refractivity contribution in [3.05, 3.63) is 24.2 Å². The Kier molecular flexibility index (Phi) is 7.80. The number of likely N-dealkylation sites (N-methyl/N-ethyl adjacent to an activating group) is 1. The largest absolute Gasteiger partial charge is 0.468 e. The fourth-order valence-electron chi connectivity index (χ4n) is 2.16. The van der Waals surface area contributed by atoms with Crippen molar-refractivity contribution in [3.8, 4) is 0 Å². The van der Waals surface area contributed by atoms with Crippen LogP contribution in [0.15, 0.2) is 27.8 Å². The zero-order valence-corrected chi connectivity index (χ0v) is 12.9. The van der Waals surface area contributed by atoms with Crippen LogP contribution >= 0.6 is 0 Å². The lowest BCUT2D eigenvalue weighted by Crippen LogP contribution is -2.35. The first-order valence-corrected chi connectivity index (χ1v) is 7.54. The first kappa shape index (κ1) is 16.6. The molecule has 5 heteroatoms. The first-order valence-electron chi connectivity index (χ1n) is 7.54. The molecule has 0 saturated carbocycles. The SMILES string of the molecule is CCCCNC(N)=NCC(c1ccco1)N(CC)CC. The highest BCUT2D eigenvalue weighted by Crippen LogP contribution is 2.21. The van der Waals surface area contributed by atoms with Crippen LogP contribution in [0.5, 0.6) is 0 Å². The molecule has 0 bridgehead atoms. The molecule has 1 rings (SSSR count). The Morgan fingerprint density at radius 3 is 2.70 bits per heavy atom. The Morgan fingerprint density at radius 2 is 2.15 bits per heavy atom. The third kappa shape index (κ3) is 5.25. The lowest BCUT2D eigenvalue weighted by Gasteiger charge is -2.26. The van der Waals surface area contributed by atoms with Gasteiger partial charge in [-0.3, -0.25) is 9.89 Å². The first-order chi connectivity index (χ1) is 9.72. The second-order valence-corrected chi connectivity index (χ2v) is 4.76. The summed E-state index contributed by atoms with van der Waals surface area (Å²) < 4.78 is 5.54. The number of hydrogen-bond acceptors (Lipinski definition) is 3. The molecule has 1 unspecified atom stereocenters. The number of unbranched alkanes of at least 4 members (excludes halogenated alkanes) is 1. The van der Waals surface area contributed by atoms with Gasteiger partial charge in [0.1, 0.15) is 5.76 Å². The maximum Gasteiger partial charge on any atom is 0.188 e. The summed E-state index contributed by atoms with van der Waals surface area (Å²) in [6.45, 7) is 9.85. The van der Waals surface area contributed by atoms with E-state index in [4.69, 9.17) is 10.2 Å². The van der Waals surface area contributed by atoms with E-state index < -0.39 is 0 Å². The Bertz CT molecular complexity index is 371. The number of guanidine groups is 1. The normalized spacial score (nSPS) is 13.7. The molecule has 0 amide bonds. The Labute approximate surface area is 122 Å². The molecule has 20 heavy (non-hydrogen) atoms. The highest BCUT2D eigenvalue weighted by Gasteiger charge is 2.20. The lowest BCUT2D eigenvalue weighted by atomic mass is 10.2. The quantitative estimate of drug-likeness (QED) is 0.414. The van der Waals surface area contributed by atoms with Gasteiger partial charge in [0.2, 0.25) is 0 Å². The Balaban J connectivity index is 2.63. The second kappa shape index (κ2) is 9.42. The number of nitrogens with one attached hydrogen (secondary N) is 1. The standard InChI is InChI=1S/C15H28N4O/c1-4-7-10-17-15(16)18-12-13(19(5-2)6-3)14-9-8-11-20-14/h8-9,11,13H,4-7,10,12H2,1-3H3,(H3,16,17,18). The van der Waals surface area contributed by atoms with Crippen molar-refractivity contribution in [1.29, 1.82) is 0 Å². The third-order valence-electron chi connectivity index (χ3n) is 3.40. The molecule has 0 fully saturated rings. The van der Waals surface area contributed by atoms with E-state index >= 15 is 0 Å². The van der Waals surface area contributed by atoms with E-state index in [9.17, 15) is 0 Å². The van der Waals surface area contributed by atoms with Crippen LogP contribution in [0.1, 0.15) is 45.4 Å². The van der Waals surface area contributed by atoms with Crippen molar-refractivity contribution in [2.45, 2.75) is 39.7 Å². The number of furan rings is 1. The molecule has 0 aliphatic rings. The molecular formula is C15H28N4O. The van der Waals surface area contributed by atoms with Crippen LogP contribution in [0.2, 0.25) is 0 Å². The second-order valence-electron chi connectivity index (χ2n) is 4.76. The molecule has 0 aliphatic heterocycles. The minimum Gasteiger partial charge on any atom is -0.468 e. The van der Waals surface area contributed by atoms with Gasteiger partial charge in [-0.15, -0.1) is 0 Å². The summed E-state index contributed by atoms with van der Waals surface area (Å²) >= 11 is 0. The van der Waals surface area contributed by atoms with Crippen molar-refractivity contribution in [1.82, 2.24) is 10.2 Å². The molecule has 0 spiro atoms. The fourth-order valence-corrected chi connectivity index (χ4v) is 2.16. The van der Waals surface area contributed by atoms with Gasteiger partial charge < -0.3 is 15.5 Å².